The van der Waals surface area contributed by atoms with Crippen molar-refractivity contribution in [3.8, 4) is 0 Å². The second kappa shape index (κ2) is 5.50. The van der Waals surface area contributed by atoms with E-state index in [-0.39, 0.29) is 0 Å². The highest BCUT2D eigenvalue weighted by molar-refractivity contribution is 4.92. The summed E-state index contributed by atoms with van der Waals surface area (Å²) in [4.78, 5) is 2.88. The molecule has 0 amide bonds. The lowest BCUT2D eigenvalue weighted by Gasteiger charge is -2.40. The van der Waals surface area contributed by atoms with Crippen molar-refractivity contribution in [3.63, 3.8) is 0 Å². The van der Waals surface area contributed by atoms with Crippen molar-refractivity contribution in [2.45, 2.75) is 64.3 Å². The Labute approximate surface area is 113 Å². The molecule has 0 bridgehead atoms. The molecule has 2 heteroatoms. The van der Waals surface area contributed by atoms with E-state index in [4.69, 9.17) is 0 Å². The van der Waals surface area contributed by atoms with Crippen LogP contribution in [0.2, 0.25) is 0 Å². The Morgan fingerprint density at radius 2 is 1.78 bits per heavy atom. The molecule has 3 fully saturated rings. The molecule has 104 valence electrons. The van der Waals surface area contributed by atoms with Gasteiger partial charge in [0.05, 0.1) is 0 Å². The monoisotopic (exact) mass is 250 g/mol. The van der Waals surface area contributed by atoms with Crippen LogP contribution in [0.3, 0.4) is 0 Å². The fraction of sp³-hybridized carbons (Fsp3) is 1.00. The Kier molecular flexibility index (Phi) is 3.95. The van der Waals surface area contributed by atoms with Crippen LogP contribution in [-0.4, -0.2) is 37.1 Å². The maximum absolute atomic E-state index is 3.51. The summed E-state index contributed by atoms with van der Waals surface area (Å²) in [5.74, 6) is 1.04. The van der Waals surface area contributed by atoms with Crippen LogP contribution in [0, 0.1) is 11.3 Å². The van der Waals surface area contributed by atoms with Gasteiger partial charge in [-0.05, 0) is 69.5 Å². The van der Waals surface area contributed by atoms with E-state index in [9.17, 15) is 0 Å². The van der Waals surface area contributed by atoms with Gasteiger partial charge in [0.1, 0.15) is 0 Å². The molecule has 0 aromatic carbocycles. The maximum Gasteiger partial charge on any atom is 0.0124 e. The standard InChI is InChI=1S/C16H30N2/c1-16(8-10-17-11-9-16)13-18-12-4-7-15(18)14-5-2-3-6-14/h14-15,17H,2-13H2,1H3. The van der Waals surface area contributed by atoms with E-state index in [2.05, 4.69) is 17.1 Å². The fourth-order valence-electron chi connectivity index (χ4n) is 4.60. The molecule has 2 heterocycles. The summed E-state index contributed by atoms with van der Waals surface area (Å²) in [6.07, 6.45) is 11.7. The van der Waals surface area contributed by atoms with Crippen LogP contribution >= 0.6 is 0 Å². The summed E-state index contributed by atoms with van der Waals surface area (Å²) in [6.45, 7) is 7.74. The van der Waals surface area contributed by atoms with Crippen molar-refractivity contribution < 1.29 is 0 Å². The Hall–Kier alpha value is -0.0800. The van der Waals surface area contributed by atoms with Crippen LogP contribution in [0.25, 0.3) is 0 Å². The van der Waals surface area contributed by atoms with Crippen LogP contribution < -0.4 is 5.32 Å². The summed E-state index contributed by atoms with van der Waals surface area (Å²) in [5, 5.41) is 3.51. The van der Waals surface area contributed by atoms with Gasteiger partial charge in [0.15, 0.2) is 0 Å². The highest BCUT2D eigenvalue weighted by Crippen LogP contribution is 2.38. The van der Waals surface area contributed by atoms with Gasteiger partial charge in [-0.3, -0.25) is 4.90 Å². The normalized spacial score (nSPS) is 34.2. The smallest absolute Gasteiger partial charge is 0.0124 e. The minimum absolute atomic E-state index is 0.590. The Bertz CT molecular complexity index is 264. The first-order valence-electron chi connectivity index (χ1n) is 8.22. The zero-order valence-electron chi connectivity index (χ0n) is 12.1. The number of rotatable bonds is 3. The van der Waals surface area contributed by atoms with Crippen LogP contribution in [0.4, 0.5) is 0 Å². The van der Waals surface area contributed by atoms with Crippen LogP contribution in [0.15, 0.2) is 0 Å². The summed E-state index contributed by atoms with van der Waals surface area (Å²) in [5.41, 5.74) is 0.590. The maximum atomic E-state index is 3.51. The van der Waals surface area contributed by atoms with Crippen molar-refractivity contribution in [3.05, 3.63) is 0 Å². The fourth-order valence-corrected chi connectivity index (χ4v) is 4.60. The predicted molar refractivity (Wildman–Crippen MR) is 76.8 cm³/mol. The van der Waals surface area contributed by atoms with E-state index in [0.717, 1.165) is 12.0 Å². The zero-order valence-corrected chi connectivity index (χ0v) is 12.1. The second-order valence-electron chi connectivity index (χ2n) is 7.29. The number of hydrogen-bond acceptors (Lipinski definition) is 2. The number of nitrogens with zero attached hydrogens (tertiary/aromatic N) is 1. The molecule has 0 aromatic rings. The lowest BCUT2D eigenvalue weighted by atomic mass is 9.80. The van der Waals surface area contributed by atoms with Crippen molar-refractivity contribution in [2.75, 3.05) is 26.2 Å². The van der Waals surface area contributed by atoms with Gasteiger partial charge in [-0.2, -0.15) is 0 Å². The van der Waals surface area contributed by atoms with Gasteiger partial charge >= 0.3 is 0 Å². The Morgan fingerprint density at radius 3 is 2.50 bits per heavy atom. The number of likely N-dealkylation sites (tertiary alicyclic amines) is 1. The van der Waals surface area contributed by atoms with Crippen molar-refractivity contribution in [1.29, 1.82) is 0 Å². The largest absolute Gasteiger partial charge is 0.317 e. The first-order valence-corrected chi connectivity index (χ1v) is 8.22. The van der Waals surface area contributed by atoms with Crippen LogP contribution in [-0.2, 0) is 0 Å². The first-order chi connectivity index (χ1) is 8.77. The molecular formula is C16H30N2. The summed E-state index contributed by atoms with van der Waals surface area (Å²) < 4.78 is 0. The number of hydrogen-bond donors (Lipinski definition) is 1. The molecular weight excluding hydrogens is 220 g/mol. The van der Waals surface area contributed by atoms with Gasteiger partial charge in [0, 0.05) is 12.6 Å². The highest BCUT2D eigenvalue weighted by Gasteiger charge is 2.37. The van der Waals surface area contributed by atoms with Gasteiger partial charge < -0.3 is 5.32 Å². The average Bonchev–Trinajstić information content (AvgIpc) is 2.99. The molecule has 2 nitrogen and oxygen atoms in total. The van der Waals surface area contributed by atoms with E-state index < -0.39 is 0 Å². The lowest BCUT2D eigenvalue weighted by Crippen LogP contribution is -2.46. The van der Waals surface area contributed by atoms with Crippen molar-refractivity contribution >= 4 is 0 Å². The van der Waals surface area contributed by atoms with Crippen LogP contribution in [0.1, 0.15) is 58.3 Å². The molecule has 1 aliphatic carbocycles. The third-order valence-corrected chi connectivity index (χ3v) is 5.75. The minimum Gasteiger partial charge on any atom is -0.317 e. The van der Waals surface area contributed by atoms with E-state index in [1.54, 1.807) is 0 Å². The van der Waals surface area contributed by atoms with Gasteiger partial charge in [0.25, 0.3) is 0 Å². The van der Waals surface area contributed by atoms with E-state index in [1.165, 1.54) is 77.5 Å². The Morgan fingerprint density at radius 1 is 1.06 bits per heavy atom. The van der Waals surface area contributed by atoms with Crippen molar-refractivity contribution in [1.82, 2.24) is 10.2 Å². The van der Waals surface area contributed by atoms with Crippen molar-refractivity contribution in [2.24, 2.45) is 11.3 Å². The molecule has 3 rings (SSSR count). The molecule has 1 atom stereocenters. The summed E-state index contributed by atoms with van der Waals surface area (Å²) in [6, 6.07) is 0.944. The molecule has 2 saturated heterocycles. The number of nitrogens with one attached hydrogen (secondary N) is 1. The van der Waals surface area contributed by atoms with E-state index in [1.807, 2.05) is 0 Å². The topological polar surface area (TPSA) is 15.3 Å². The van der Waals surface area contributed by atoms with Crippen LogP contribution in [0.5, 0.6) is 0 Å². The van der Waals surface area contributed by atoms with E-state index in [0.29, 0.717) is 5.41 Å². The molecule has 3 aliphatic rings. The van der Waals surface area contributed by atoms with Gasteiger partial charge in [-0.15, -0.1) is 0 Å². The lowest BCUT2D eigenvalue weighted by molar-refractivity contribution is 0.0969. The summed E-state index contributed by atoms with van der Waals surface area (Å²) >= 11 is 0. The Balaban J connectivity index is 1.60. The SMILES string of the molecule is CC1(CN2CCCC2C2CCCC2)CCNCC1. The molecule has 18 heavy (non-hydrogen) atoms. The molecule has 1 unspecified atom stereocenters. The highest BCUT2D eigenvalue weighted by atomic mass is 15.2. The number of piperidine rings is 1. The van der Waals surface area contributed by atoms with Gasteiger partial charge in [-0.25, -0.2) is 0 Å². The first kappa shape index (κ1) is 12.9. The molecule has 1 N–H and O–H groups in total. The molecule has 0 aromatic heterocycles. The average molecular weight is 250 g/mol. The molecule has 2 aliphatic heterocycles. The zero-order chi connectivity index (χ0) is 12.4. The third-order valence-electron chi connectivity index (χ3n) is 5.75. The molecule has 0 spiro atoms. The van der Waals surface area contributed by atoms with Gasteiger partial charge in [0.2, 0.25) is 0 Å². The third kappa shape index (κ3) is 2.75. The predicted octanol–water partition coefficient (Wildman–Crippen LogP) is 3.03. The minimum atomic E-state index is 0.590. The molecule has 0 radical (unpaired) electrons. The molecule has 1 saturated carbocycles. The quantitative estimate of drug-likeness (QED) is 0.828. The summed E-state index contributed by atoms with van der Waals surface area (Å²) in [7, 11) is 0. The van der Waals surface area contributed by atoms with Gasteiger partial charge in [-0.1, -0.05) is 19.8 Å². The second-order valence-corrected chi connectivity index (χ2v) is 7.29. The van der Waals surface area contributed by atoms with E-state index >= 15 is 0 Å².